The Morgan fingerprint density at radius 1 is 1.50 bits per heavy atom. The molecule has 104 valence electrons. The fourth-order valence-electron chi connectivity index (χ4n) is 1.62. The van der Waals surface area contributed by atoms with Gasteiger partial charge in [0.25, 0.3) is 5.91 Å². The quantitative estimate of drug-likeness (QED) is 0.881. The third-order valence-corrected chi connectivity index (χ3v) is 4.75. The van der Waals surface area contributed by atoms with Crippen LogP contribution in [0.1, 0.15) is 20.1 Å². The second-order valence-electron chi connectivity index (χ2n) is 4.04. The van der Waals surface area contributed by atoms with Crippen LogP contribution in [0.4, 0.5) is 0 Å². The molecule has 2 rings (SSSR count). The average molecular weight is 326 g/mol. The lowest BCUT2D eigenvalue weighted by atomic mass is 10.3. The molecule has 1 N–H and O–H groups in total. The number of carbonyl (C=O) groups is 1. The summed E-state index contributed by atoms with van der Waals surface area (Å²) in [5.74, 6) is 5.37. The summed E-state index contributed by atoms with van der Waals surface area (Å²) in [6.07, 6.45) is 0. The Kier molecular flexibility index (Phi) is 5.21. The number of aliphatic hydroxyl groups is 1. The van der Waals surface area contributed by atoms with Crippen molar-refractivity contribution >= 4 is 40.2 Å². The lowest BCUT2D eigenvalue weighted by molar-refractivity contribution is 0.0790. The molecule has 2 heterocycles. The molecule has 0 aliphatic heterocycles. The van der Waals surface area contributed by atoms with E-state index in [0.29, 0.717) is 16.4 Å². The van der Waals surface area contributed by atoms with Crippen molar-refractivity contribution in [3.05, 3.63) is 43.2 Å². The van der Waals surface area contributed by atoms with Crippen LogP contribution in [0.5, 0.6) is 0 Å². The summed E-state index contributed by atoms with van der Waals surface area (Å²) >= 11 is 8.81. The number of thiophene rings is 2. The van der Waals surface area contributed by atoms with Crippen LogP contribution in [0.25, 0.3) is 0 Å². The van der Waals surface area contributed by atoms with Crippen molar-refractivity contribution in [2.75, 3.05) is 13.7 Å². The Hall–Kier alpha value is -1.32. The van der Waals surface area contributed by atoms with Gasteiger partial charge in [-0.2, -0.15) is 0 Å². The van der Waals surface area contributed by atoms with Gasteiger partial charge in [0.2, 0.25) is 0 Å². The molecular weight excluding hydrogens is 314 g/mol. The number of rotatable bonds is 3. The highest BCUT2D eigenvalue weighted by Crippen LogP contribution is 2.24. The maximum atomic E-state index is 12.2. The van der Waals surface area contributed by atoms with E-state index in [2.05, 4.69) is 11.8 Å². The first-order valence-corrected chi connectivity index (χ1v) is 7.91. The van der Waals surface area contributed by atoms with E-state index in [0.717, 1.165) is 10.4 Å². The molecule has 3 nitrogen and oxygen atoms in total. The highest BCUT2D eigenvalue weighted by Gasteiger charge is 2.17. The zero-order valence-electron chi connectivity index (χ0n) is 10.7. The van der Waals surface area contributed by atoms with Crippen molar-refractivity contribution in [1.29, 1.82) is 0 Å². The Morgan fingerprint density at radius 2 is 2.30 bits per heavy atom. The first-order valence-electron chi connectivity index (χ1n) is 5.77. The minimum absolute atomic E-state index is 0.0841. The van der Waals surface area contributed by atoms with Crippen LogP contribution in [-0.2, 0) is 6.54 Å². The summed E-state index contributed by atoms with van der Waals surface area (Å²) in [5, 5.41) is 12.9. The zero-order valence-corrected chi connectivity index (χ0v) is 13.1. The molecule has 0 atom stereocenters. The second-order valence-corrected chi connectivity index (χ2v) is 6.27. The summed E-state index contributed by atoms with van der Waals surface area (Å²) in [6, 6.07) is 3.65. The Balaban J connectivity index is 2.04. The van der Waals surface area contributed by atoms with Gasteiger partial charge in [-0.3, -0.25) is 4.79 Å². The van der Waals surface area contributed by atoms with Crippen molar-refractivity contribution in [2.24, 2.45) is 0 Å². The maximum absolute atomic E-state index is 12.2. The van der Waals surface area contributed by atoms with Crippen LogP contribution < -0.4 is 0 Å². The van der Waals surface area contributed by atoms with Crippen molar-refractivity contribution in [3.63, 3.8) is 0 Å². The lowest BCUT2D eigenvalue weighted by Crippen LogP contribution is -2.25. The van der Waals surface area contributed by atoms with Gasteiger partial charge in [-0.05, 0) is 28.5 Å². The number of carbonyl (C=O) groups excluding carboxylic acids is 1. The predicted octanol–water partition coefficient (Wildman–Crippen LogP) is 3.08. The number of nitrogens with zero attached hydrogens (tertiary/aromatic N) is 1. The molecule has 0 saturated heterocycles. The average Bonchev–Trinajstić information content (AvgIpc) is 3.04. The van der Waals surface area contributed by atoms with Crippen LogP contribution >= 0.6 is 34.3 Å². The summed E-state index contributed by atoms with van der Waals surface area (Å²) in [6.45, 7) is 0.354. The molecule has 0 aliphatic rings. The fourth-order valence-corrected chi connectivity index (χ4v) is 3.52. The summed E-state index contributed by atoms with van der Waals surface area (Å²) < 4.78 is 0. The molecule has 0 radical (unpaired) electrons. The van der Waals surface area contributed by atoms with Crippen LogP contribution in [-0.4, -0.2) is 29.6 Å². The molecule has 0 unspecified atom stereocenters. The third kappa shape index (κ3) is 3.62. The first kappa shape index (κ1) is 15.1. The van der Waals surface area contributed by atoms with E-state index >= 15 is 0 Å². The first-order chi connectivity index (χ1) is 9.61. The van der Waals surface area contributed by atoms with Crippen LogP contribution in [0.2, 0.25) is 5.02 Å². The van der Waals surface area contributed by atoms with Gasteiger partial charge in [-0.25, -0.2) is 0 Å². The van der Waals surface area contributed by atoms with Crippen molar-refractivity contribution < 1.29 is 9.90 Å². The normalized spacial score (nSPS) is 9.95. The number of amides is 1. The number of hydrogen-bond acceptors (Lipinski definition) is 4. The summed E-state index contributed by atoms with van der Waals surface area (Å²) in [5.41, 5.74) is 1.01. The zero-order chi connectivity index (χ0) is 14.5. The van der Waals surface area contributed by atoms with Gasteiger partial charge < -0.3 is 10.0 Å². The van der Waals surface area contributed by atoms with Crippen molar-refractivity contribution in [1.82, 2.24) is 4.90 Å². The number of aliphatic hydroxyl groups excluding tert-OH is 1. The predicted molar refractivity (Wildman–Crippen MR) is 83.4 cm³/mol. The summed E-state index contributed by atoms with van der Waals surface area (Å²) in [7, 11) is 1.75. The molecule has 2 aromatic rings. The minimum Gasteiger partial charge on any atom is -0.384 e. The van der Waals surface area contributed by atoms with Gasteiger partial charge in [-0.1, -0.05) is 23.4 Å². The largest absolute Gasteiger partial charge is 0.384 e. The fraction of sp³-hybridized carbons (Fsp3) is 0.214. The highest BCUT2D eigenvalue weighted by atomic mass is 35.5. The van der Waals surface area contributed by atoms with Gasteiger partial charge in [0.1, 0.15) is 11.5 Å². The van der Waals surface area contributed by atoms with E-state index in [1.165, 1.54) is 22.7 Å². The van der Waals surface area contributed by atoms with E-state index in [1.807, 2.05) is 11.4 Å². The molecule has 20 heavy (non-hydrogen) atoms. The molecule has 0 aliphatic carbocycles. The van der Waals surface area contributed by atoms with Crippen molar-refractivity contribution in [2.45, 2.75) is 6.54 Å². The van der Waals surface area contributed by atoms with E-state index in [9.17, 15) is 4.79 Å². The van der Waals surface area contributed by atoms with Gasteiger partial charge in [0.05, 0.1) is 9.90 Å². The number of halogens is 1. The molecule has 0 spiro atoms. The van der Waals surface area contributed by atoms with Crippen LogP contribution in [0.15, 0.2) is 22.9 Å². The standard InChI is InChI=1S/C14H12ClNO2S2/c1-16(14(18)13-12(15)4-6-19-13)8-10-7-11(20-9-10)3-2-5-17/h4,6-7,9,17H,5,8H2,1H3. The second kappa shape index (κ2) is 6.91. The SMILES string of the molecule is CN(Cc1csc(C#CCO)c1)C(=O)c1sccc1Cl. The van der Waals surface area contributed by atoms with Gasteiger partial charge in [0.15, 0.2) is 0 Å². The van der Waals surface area contributed by atoms with E-state index in [4.69, 9.17) is 16.7 Å². The van der Waals surface area contributed by atoms with E-state index in [1.54, 1.807) is 23.4 Å². The van der Waals surface area contributed by atoms with Crippen LogP contribution in [0, 0.1) is 11.8 Å². The van der Waals surface area contributed by atoms with Crippen LogP contribution in [0.3, 0.4) is 0 Å². The smallest absolute Gasteiger partial charge is 0.265 e. The maximum Gasteiger partial charge on any atom is 0.265 e. The Morgan fingerprint density at radius 3 is 2.95 bits per heavy atom. The molecule has 0 bridgehead atoms. The molecule has 0 fully saturated rings. The highest BCUT2D eigenvalue weighted by molar-refractivity contribution is 7.12. The molecule has 0 aromatic carbocycles. The molecule has 6 heteroatoms. The van der Waals surface area contributed by atoms with E-state index in [-0.39, 0.29) is 12.5 Å². The number of hydrogen-bond donors (Lipinski definition) is 1. The molecule has 1 amide bonds. The van der Waals surface area contributed by atoms with E-state index < -0.39 is 0 Å². The van der Waals surface area contributed by atoms with Gasteiger partial charge in [0, 0.05) is 13.6 Å². The third-order valence-electron chi connectivity index (χ3n) is 2.52. The monoisotopic (exact) mass is 325 g/mol. The topological polar surface area (TPSA) is 40.5 Å². The Bertz CT molecular complexity index is 666. The lowest BCUT2D eigenvalue weighted by Gasteiger charge is -2.15. The Labute approximate surface area is 130 Å². The molecular formula is C14H12ClNO2S2. The van der Waals surface area contributed by atoms with Gasteiger partial charge in [-0.15, -0.1) is 22.7 Å². The minimum atomic E-state index is -0.150. The molecule has 2 aromatic heterocycles. The molecule has 0 saturated carbocycles. The van der Waals surface area contributed by atoms with Crippen molar-refractivity contribution in [3.8, 4) is 11.8 Å². The van der Waals surface area contributed by atoms with Gasteiger partial charge >= 0.3 is 0 Å². The summed E-state index contributed by atoms with van der Waals surface area (Å²) in [4.78, 5) is 15.3.